The fourth-order valence-electron chi connectivity index (χ4n) is 2.19. The van der Waals surface area contributed by atoms with Crippen LogP contribution in [-0.4, -0.2) is 0 Å². The fraction of sp³-hybridized carbons (Fsp3) is 0.0769. The van der Waals surface area contributed by atoms with Gasteiger partial charge < -0.3 is 11.5 Å². The molecule has 2 heteroatoms. The molecule has 0 heterocycles. The van der Waals surface area contributed by atoms with E-state index in [1.807, 2.05) is 30.4 Å². The van der Waals surface area contributed by atoms with Crippen molar-refractivity contribution in [3.8, 4) is 0 Å². The molecule has 0 radical (unpaired) electrons. The third-order valence-corrected chi connectivity index (χ3v) is 2.94. The Hall–Kier alpha value is -1.64. The summed E-state index contributed by atoms with van der Waals surface area (Å²) in [7, 11) is 0. The Balaban J connectivity index is 2.52. The first-order chi connectivity index (χ1) is 7.18. The lowest BCUT2D eigenvalue weighted by molar-refractivity contribution is 0.599. The van der Waals surface area contributed by atoms with E-state index in [4.69, 9.17) is 11.5 Å². The van der Waals surface area contributed by atoms with Gasteiger partial charge in [0.2, 0.25) is 0 Å². The number of hydrogen-bond acceptors (Lipinski definition) is 2. The maximum atomic E-state index is 6.04. The molecule has 0 bridgehead atoms. The molecule has 0 amide bonds. The summed E-state index contributed by atoms with van der Waals surface area (Å²) >= 11 is 0. The molecular formula is C13H12N2. The lowest BCUT2D eigenvalue weighted by atomic mass is 9.87. The Morgan fingerprint density at radius 1 is 0.933 bits per heavy atom. The van der Waals surface area contributed by atoms with Crippen LogP contribution in [0.3, 0.4) is 0 Å². The number of benzene rings is 2. The predicted molar refractivity (Wildman–Crippen MR) is 63.0 cm³/mol. The molecule has 0 atom stereocenters. The third-order valence-electron chi connectivity index (χ3n) is 2.94. The highest BCUT2D eigenvalue weighted by Crippen LogP contribution is 2.32. The Morgan fingerprint density at radius 3 is 2.47 bits per heavy atom. The molecule has 2 aromatic carbocycles. The van der Waals surface area contributed by atoms with Gasteiger partial charge in [0.05, 0.1) is 0 Å². The fourth-order valence-corrected chi connectivity index (χ4v) is 2.19. The van der Waals surface area contributed by atoms with Gasteiger partial charge in [0, 0.05) is 0 Å². The lowest BCUT2D eigenvalue weighted by Crippen LogP contribution is -2.45. The topological polar surface area (TPSA) is 52.0 Å². The number of rotatable bonds is 0. The molecule has 1 aliphatic carbocycles. The summed E-state index contributed by atoms with van der Waals surface area (Å²) < 4.78 is 0. The van der Waals surface area contributed by atoms with Gasteiger partial charge in [0.15, 0.2) is 0 Å². The zero-order valence-corrected chi connectivity index (χ0v) is 8.27. The van der Waals surface area contributed by atoms with E-state index in [1.54, 1.807) is 0 Å². The summed E-state index contributed by atoms with van der Waals surface area (Å²) in [5.74, 6) is 0. The van der Waals surface area contributed by atoms with E-state index in [1.165, 1.54) is 16.3 Å². The van der Waals surface area contributed by atoms with Gasteiger partial charge in [-0.1, -0.05) is 42.5 Å². The monoisotopic (exact) mass is 196 g/mol. The van der Waals surface area contributed by atoms with Gasteiger partial charge in [-0.2, -0.15) is 0 Å². The van der Waals surface area contributed by atoms with E-state index in [9.17, 15) is 0 Å². The molecule has 0 aromatic heterocycles. The highest BCUT2D eigenvalue weighted by Gasteiger charge is 2.24. The van der Waals surface area contributed by atoms with Gasteiger partial charge in [0.1, 0.15) is 5.66 Å². The van der Waals surface area contributed by atoms with Gasteiger partial charge in [0.25, 0.3) is 0 Å². The minimum Gasteiger partial charge on any atom is -0.306 e. The second-order valence-electron chi connectivity index (χ2n) is 4.02. The second-order valence-corrected chi connectivity index (χ2v) is 4.02. The van der Waals surface area contributed by atoms with Crippen LogP contribution < -0.4 is 11.5 Å². The highest BCUT2D eigenvalue weighted by atomic mass is 14.9. The van der Waals surface area contributed by atoms with Crippen molar-refractivity contribution in [2.24, 2.45) is 11.5 Å². The van der Waals surface area contributed by atoms with Gasteiger partial charge >= 0.3 is 0 Å². The van der Waals surface area contributed by atoms with E-state index in [0.29, 0.717) is 0 Å². The molecule has 0 spiro atoms. The lowest BCUT2D eigenvalue weighted by Gasteiger charge is -2.27. The normalized spacial score (nSPS) is 16.9. The van der Waals surface area contributed by atoms with Crippen LogP contribution in [0.1, 0.15) is 11.1 Å². The Labute approximate surface area is 88.2 Å². The summed E-state index contributed by atoms with van der Waals surface area (Å²) in [5, 5.41) is 2.36. The van der Waals surface area contributed by atoms with Crippen molar-refractivity contribution in [3.63, 3.8) is 0 Å². The maximum Gasteiger partial charge on any atom is 0.110 e. The van der Waals surface area contributed by atoms with E-state index < -0.39 is 5.66 Å². The minimum absolute atomic E-state index is 0.839. The molecule has 4 N–H and O–H groups in total. The molecular weight excluding hydrogens is 184 g/mol. The van der Waals surface area contributed by atoms with Crippen molar-refractivity contribution in [1.29, 1.82) is 0 Å². The van der Waals surface area contributed by atoms with Crippen molar-refractivity contribution in [1.82, 2.24) is 0 Å². The molecule has 0 saturated heterocycles. The largest absolute Gasteiger partial charge is 0.306 e. The first-order valence-corrected chi connectivity index (χ1v) is 4.98. The molecule has 3 rings (SSSR count). The molecule has 15 heavy (non-hydrogen) atoms. The van der Waals surface area contributed by atoms with Crippen LogP contribution in [0.25, 0.3) is 16.8 Å². The Morgan fingerprint density at radius 2 is 1.67 bits per heavy atom. The van der Waals surface area contributed by atoms with Crippen molar-refractivity contribution >= 4 is 16.8 Å². The molecule has 0 unspecified atom stereocenters. The van der Waals surface area contributed by atoms with Crippen LogP contribution in [0.4, 0.5) is 0 Å². The van der Waals surface area contributed by atoms with Crippen LogP contribution in [0, 0.1) is 0 Å². The summed E-state index contributed by atoms with van der Waals surface area (Å²) in [4.78, 5) is 0. The second kappa shape index (κ2) is 2.69. The molecule has 0 saturated carbocycles. The molecule has 1 aliphatic rings. The number of hydrogen-bond donors (Lipinski definition) is 2. The van der Waals surface area contributed by atoms with Gasteiger partial charge in [-0.05, 0) is 28.0 Å². The molecule has 74 valence electrons. The molecule has 2 nitrogen and oxygen atoms in total. The minimum atomic E-state index is -0.839. The van der Waals surface area contributed by atoms with E-state index in [2.05, 4.69) is 18.2 Å². The SMILES string of the molecule is NC1(N)C=Cc2cccc3cccc1c23. The average molecular weight is 196 g/mol. The van der Waals surface area contributed by atoms with Crippen LogP contribution in [0.5, 0.6) is 0 Å². The highest BCUT2D eigenvalue weighted by molar-refractivity contribution is 5.96. The molecule has 2 aromatic rings. The smallest absolute Gasteiger partial charge is 0.110 e. The van der Waals surface area contributed by atoms with Crippen molar-refractivity contribution in [2.45, 2.75) is 5.66 Å². The standard InChI is InChI=1S/C13H12N2/c14-13(15)8-7-10-4-1-3-9-5-2-6-11(13)12(9)10/h1-8H,14-15H2. The van der Waals surface area contributed by atoms with E-state index >= 15 is 0 Å². The third kappa shape index (κ3) is 1.12. The predicted octanol–water partition coefficient (Wildman–Crippen LogP) is 1.94. The van der Waals surface area contributed by atoms with Crippen molar-refractivity contribution in [2.75, 3.05) is 0 Å². The summed E-state index contributed by atoms with van der Waals surface area (Å²) in [5.41, 5.74) is 13.4. The maximum absolute atomic E-state index is 6.04. The van der Waals surface area contributed by atoms with Crippen LogP contribution in [-0.2, 0) is 5.66 Å². The Kier molecular flexibility index (Phi) is 1.55. The van der Waals surface area contributed by atoms with Crippen molar-refractivity contribution < 1.29 is 0 Å². The zero-order chi connectivity index (χ0) is 10.5. The van der Waals surface area contributed by atoms with Gasteiger partial charge in [-0.3, -0.25) is 0 Å². The summed E-state index contributed by atoms with van der Waals surface area (Å²) in [6.45, 7) is 0. The number of nitrogens with two attached hydrogens (primary N) is 2. The molecule has 0 fully saturated rings. The van der Waals surface area contributed by atoms with Crippen LogP contribution in [0.15, 0.2) is 42.5 Å². The summed E-state index contributed by atoms with van der Waals surface area (Å²) in [6.07, 6.45) is 3.85. The quantitative estimate of drug-likeness (QED) is 0.633. The van der Waals surface area contributed by atoms with Gasteiger partial charge in [-0.25, -0.2) is 0 Å². The van der Waals surface area contributed by atoms with Crippen LogP contribution >= 0.6 is 0 Å². The van der Waals surface area contributed by atoms with Crippen LogP contribution in [0.2, 0.25) is 0 Å². The summed E-state index contributed by atoms with van der Waals surface area (Å²) in [6, 6.07) is 12.3. The molecule has 0 aliphatic heterocycles. The zero-order valence-electron chi connectivity index (χ0n) is 8.27. The Bertz CT molecular complexity index is 563. The first kappa shape index (κ1) is 8.65. The first-order valence-electron chi connectivity index (χ1n) is 4.98. The van der Waals surface area contributed by atoms with E-state index in [-0.39, 0.29) is 0 Å². The van der Waals surface area contributed by atoms with E-state index in [0.717, 1.165) is 5.56 Å². The van der Waals surface area contributed by atoms with Gasteiger partial charge in [-0.15, -0.1) is 0 Å². The van der Waals surface area contributed by atoms with Crippen molar-refractivity contribution in [3.05, 3.63) is 53.6 Å². The average Bonchev–Trinajstić information content (AvgIpc) is 2.24.